The van der Waals surface area contributed by atoms with Gasteiger partial charge in [0.1, 0.15) is 0 Å². The zero-order valence-corrected chi connectivity index (χ0v) is 9.19. The number of unbranched alkanes of at least 4 members (excludes halogenated alkanes) is 1. The Balaban J connectivity index is 2.92. The molecule has 80 valence electrons. The zero-order chi connectivity index (χ0) is 10.7. The van der Waals surface area contributed by atoms with E-state index in [0.717, 1.165) is 6.42 Å². The van der Waals surface area contributed by atoms with Crippen LogP contribution in [0.4, 0.5) is 0 Å². The molecule has 14 heavy (non-hydrogen) atoms. The maximum atomic E-state index is 9.82. The zero-order valence-electron chi connectivity index (χ0n) is 8.30. The molecule has 4 heteroatoms. The van der Waals surface area contributed by atoms with E-state index in [2.05, 4.69) is 0 Å². The normalized spacial score (nSPS) is 14.7. The molecule has 0 radical (unpaired) electrons. The van der Waals surface area contributed by atoms with Gasteiger partial charge in [0.05, 0.1) is 0 Å². The standard InChI is InChI=1S/C10H17O3P/c1-2-3-9-14(11,12,13)10-7-5-4-6-8-10/h4-8,11-13H,2-3,9H2,1H3. The second-order valence-electron chi connectivity index (χ2n) is 3.56. The SMILES string of the molecule is CCCCP(O)(O)(O)c1ccccc1. The summed E-state index contributed by atoms with van der Waals surface area (Å²) in [6.07, 6.45) is 1.48. The molecule has 0 saturated carbocycles. The number of rotatable bonds is 4. The van der Waals surface area contributed by atoms with Crippen LogP contribution in [0.25, 0.3) is 0 Å². The average molecular weight is 216 g/mol. The summed E-state index contributed by atoms with van der Waals surface area (Å²) in [6, 6.07) is 8.24. The molecule has 0 aliphatic rings. The molecule has 0 bridgehead atoms. The van der Waals surface area contributed by atoms with Crippen molar-refractivity contribution in [1.82, 2.24) is 0 Å². The molecule has 1 aromatic carbocycles. The van der Waals surface area contributed by atoms with Gasteiger partial charge in [0.25, 0.3) is 0 Å². The summed E-state index contributed by atoms with van der Waals surface area (Å²) in [7, 11) is -4.57. The van der Waals surface area contributed by atoms with Gasteiger partial charge >= 0.3 is 83.5 Å². The Morgan fingerprint density at radius 3 is 2.14 bits per heavy atom. The number of hydrogen-bond donors (Lipinski definition) is 3. The topological polar surface area (TPSA) is 60.7 Å². The van der Waals surface area contributed by atoms with Crippen LogP contribution in [-0.2, 0) is 0 Å². The predicted octanol–water partition coefficient (Wildman–Crippen LogP) is 1.39. The van der Waals surface area contributed by atoms with Crippen LogP contribution in [0.5, 0.6) is 0 Å². The molecule has 0 unspecified atom stereocenters. The van der Waals surface area contributed by atoms with E-state index in [4.69, 9.17) is 0 Å². The van der Waals surface area contributed by atoms with Gasteiger partial charge in [-0.3, -0.25) is 0 Å². The van der Waals surface area contributed by atoms with E-state index in [-0.39, 0.29) is 11.5 Å². The van der Waals surface area contributed by atoms with Crippen LogP contribution in [0.15, 0.2) is 30.3 Å². The van der Waals surface area contributed by atoms with Gasteiger partial charge < -0.3 is 0 Å². The van der Waals surface area contributed by atoms with Crippen molar-refractivity contribution in [3.05, 3.63) is 30.3 Å². The van der Waals surface area contributed by atoms with Gasteiger partial charge in [-0.15, -0.1) is 0 Å². The van der Waals surface area contributed by atoms with Crippen molar-refractivity contribution in [3.63, 3.8) is 0 Å². The summed E-state index contributed by atoms with van der Waals surface area (Å²) in [4.78, 5) is 29.5. The summed E-state index contributed by atoms with van der Waals surface area (Å²) < 4.78 is 0. The molecule has 0 aliphatic carbocycles. The van der Waals surface area contributed by atoms with Crippen molar-refractivity contribution in [2.24, 2.45) is 0 Å². The number of benzene rings is 1. The molecule has 0 saturated heterocycles. The van der Waals surface area contributed by atoms with Gasteiger partial charge in [0.2, 0.25) is 0 Å². The molecule has 0 aromatic heterocycles. The first kappa shape index (κ1) is 11.6. The summed E-state index contributed by atoms with van der Waals surface area (Å²) in [5.74, 6) is 0. The first-order chi connectivity index (χ1) is 6.44. The predicted molar refractivity (Wildman–Crippen MR) is 59.4 cm³/mol. The average Bonchev–Trinajstić information content (AvgIpc) is 2.16. The first-order valence-corrected chi connectivity index (χ1v) is 7.04. The van der Waals surface area contributed by atoms with Crippen molar-refractivity contribution in [2.45, 2.75) is 19.8 Å². The second kappa shape index (κ2) is 3.95. The molecular formula is C10H17O3P. The van der Waals surface area contributed by atoms with Crippen molar-refractivity contribution in [2.75, 3.05) is 6.16 Å². The van der Waals surface area contributed by atoms with Crippen LogP contribution < -0.4 is 5.30 Å². The fourth-order valence-corrected chi connectivity index (χ4v) is 3.25. The van der Waals surface area contributed by atoms with Crippen LogP contribution in [0.1, 0.15) is 19.8 Å². The Labute approximate surface area is 84.2 Å². The van der Waals surface area contributed by atoms with E-state index in [1.807, 2.05) is 6.92 Å². The van der Waals surface area contributed by atoms with E-state index in [1.165, 1.54) is 0 Å². The molecule has 0 atom stereocenters. The summed E-state index contributed by atoms with van der Waals surface area (Å²) in [6.45, 7) is 1.94. The van der Waals surface area contributed by atoms with Gasteiger partial charge in [0.15, 0.2) is 0 Å². The Kier molecular flexibility index (Phi) is 3.28. The fourth-order valence-electron chi connectivity index (χ4n) is 1.31. The van der Waals surface area contributed by atoms with Crippen molar-refractivity contribution in [1.29, 1.82) is 0 Å². The molecular weight excluding hydrogens is 199 g/mol. The van der Waals surface area contributed by atoms with E-state index in [9.17, 15) is 14.7 Å². The van der Waals surface area contributed by atoms with E-state index < -0.39 is 7.28 Å². The minimum atomic E-state index is -4.57. The molecule has 1 aromatic rings. The molecule has 1 rings (SSSR count). The first-order valence-electron chi connectivity index (χ1n) is 4.76. The van der Waals surface area contributed by atoms with Gasteiger partial charge in [-0.05, 0) is 0 Å². The van der Waals surface area contributed by atoms with Crippen molar-refractivity contribution in [3.8, 4) is 0 Å². The third-order valence-corrected chi connectivity index (χ3v) is 4.70. The van der Waals surface area contributed by atoms with Crippen LogP contribution in [0, 0.1) is 0 Å². The molecule has 3 N–H and O–H groups in total. The van der Waals surface area contributed by atoms with E-state index in [1.54, 1.807) is 30.3 Å². The molecule has 3 nitrogen and oxygen atoms in total. The minimum absolute atomic E-state index is 0.0477. The summed E-state index contributed by atoms with van der Waals surface area (Å²) in [5.41, 5.74) is 0. The molecule has 0 spiro atoms. The Bertz CT molecular complexity index is 289. The Morgan fingerprint density at radius 2 is 1.64 bits per heavy atom. The molecule has 0 amide bonds. The van der Waals surface area contributed by atoms with Crippen LogP contribution in [0.3, 0.4) is 0 Å². The van der Waals surface area contributed by atoms with Gasteiger partial charge in [-0.2, -0.15) is 0 Å². The van der Waals surface area contributed by atoms with Crippen LogP contribution >= 0.6 is 7.28 Å². The van der Waals surface area contributed by atoms with Gasteiger partial charge in [0, 0.05) is 0 Å². The van der Waals surface area contributed by atoms with Crippen LogP contribution in [-0.4, -0.2) is 20.8 Å². The maximum absolute atomic E-state index is 9.82. The molecule has 0 aliphatic heterocycles. The third-order valence-electron chi connectivity index (χ3n) is 2.21. The van der Waals surface area contributed by atoms with Gasteiger partial charge in [-0.25, -0.2) is 0 Å². The van der Waals surface area contributed by atoms with Gasteiger partial charge in [-0.1, -0.05) is 0 Å². The van der Waals surface area contributed by atoms with E-state index >= 15 is 0 Å². The molecule has 0 heterocycles. The number of hydrogen-bond acceptors (Lipinski definition) is 3. The molecule has 0 fully saturated rings. The third kappa shape index (κ3) is 2.76. The van der Waals surface area contributed by atoms with E-state index in [0.29, 0.717) is 6.42 Å². The quantitative estimate of drug-likeness (QED) is 0.666. The van der Waals surface area contributed by atoms with Crippen LogP contribution in [0.2, 0.25) is 0 Å². The Morgan fingerprint density at radius 1 is 1.07 bits per heavy atom. The monoisotopic (exact) mass is 216 g/mol. The Hall–Kier alpha value is -0.470. The van der Waals surface area contributed by atoms with Crippen molar-refractivity contribution >= 4 is 12.6 Å². The van der Waals surface area contributed by atoms with Crippen molar-refractivity contribution < 1.29 is 14.7 Å². The summed E-state index contributed by atoms with van der Waals surface area (Å²) in [5, 5.41) is 0.243. The second-order valence-corrected chi connectivity index (χ2v) is 6.83. The summed E-state index contributed by atoms with van der Waals surface area (Å²) >= 11 is 0. The fraction of sp³-hybridized carbons (Fsp3) is 0.400.